The van der Waals surface area contributed by atoms with E-state index in [1.165, 1.54) is 12.1 Å². The van der Waals surface area contributed by atoms with Crippen molar-refractivity contribution in [2.75, 3.05) is 6.54 Å². The summed E-state index contributed by atoms with van der Waals surface area (Å²) in [5, 5.41) is 6.77. The Bertz CT molecular complexity index is 916. The first-order chi connectivity index (χ1) is 13.5. The van der Waals surface area contributed by atoms with Crippen molar-refractivity contribution in [2.45, 2.75) is 33.3 Å². The van der Waals surface area contributed by atoms with Crippen LogP contribution in [-0.2, 0) is 24.2 Å². The van der Waals surface area contributed by atoms with E-state index in [4.69, 9.17) is 9.26 Å². The number of ether oxygens (including phenoxy) is 1. The largest absolute Gasteiger partial charge is 0.489 e. The van der Waals surface area contributed by atoms with Gasteiger partial charge in [-0.1, -0.05) is 29.4 Å². The number of aromatic nitrogens is 1. The molecule has 3 aromatic rings. The number of aryl methyl sites for hydroxylation is 2. The fourth-order valence-electron chi connectivity index (χ4n) is 2.85. The maximum Gasteiger partial charge on any atom is 0.224 e. The molecule has 0 fully saturated rings. The Morgan fingerprint density at radius 2 is 1.93 bits per heavy atom. The summed E-state index contributed by atoms with van der Waals surface area (Å²) in [6.07, 6.45) is 0.880. The van der Waals surface area contributed by atoms with Crippen LogP contribution in [0.1, 0.15) is 28.1 Å². The van der Waals surface area contributed by atoms with Crippen molar-refractivity contribution in [1.29, 1.82) is 0 Å². The Morgan fingerprint density at radius 3 is 2.61 bits per heavy atom. The molecule has 28 heavy (non-hydrogen) atoms. The molecular formula is C22H23FN2O3. The molecule has 0 atom stereocenters. The summed E-state index contributed by atoms with van der Waals surface area (Å²) >= 11 is 0. The predicted molar refractivity (Wildman–Crippen MR) is 104 cm³/mol. The monoisotopic (exact) mass is 382 g/mol. The molecule has 0 saturated carbocycles. The number of carbonyl (C=O) groups is 1. The molecule has 146 valence electrons. The molecule has 1 aromatic heterocycles. The zero-order chi connectivity index (χ0) is 19.9. The second-order valence-corrected chi connectivity index (χ2v) is 6.64. The number of hydrogen-bond donors (Lipinski definition) is 1. The van der Waals surface area contributed by atoms with Gasteiger partial charge in [0.1, 0.15) is 23.9 Å². The van der Waals surface area contributed by atoms with Crippen LogP contribution in [0.3, 0.4) is 0 Å². The second kappa shape index (κ2) is 9.17. The normalized spacial score (nSPS) is 10.7. The summed E-state index contributed by atoms with van der Waals surface area (Å²) in [5.74, 6) is 1.14. The van der Waals surface area contributed by atoms with Gasteiger partial charge in [0, 0.05) is 6.54 Å². The van der Waals surface area contributed by atoms with Crippen LogP contribution in [-0.4, -0.2) is 17.6 Å². The van der Waals surface area contributed by atoms with Gasteiger partial charge in [0.25, 0.3) is 0 Å². The number of nitrogens with one attached hydrogen (secondary N) is 1. The van der Waals surface area contributed by atoms with Crippen molar-refractivity contribution in [3.05, 3.63) is 82.5 Å². The molecule has 1 amide bonds. The summed E-state index contributed by atoms with van der Waals surface area (Å²) in [7, 11) is 0. The van der Waals surface area contributed by atoms with Crippen molar-refractivity contribution in [2.24, 2.45) is 0 Å². The molecule has 0 aliphatic rings. The number of halogens is 1. The molecule has 0 aliphatic carbocycles. The van der Waals surface area contributed by atoms with Crippen LogP contribution >= 0.6 is 0 Å². The van der Waals surface area contributed by atoms with Crippen LogP contribution in [0.5, 0.6) is 5.75 Å². The van der Waals surface area contributed by atoms with Crippen LogP contribution in [0.25, 0.3) is 0 Å². The molecule has 0 bridgehead atoms. The Morgan fingerprint density at radius 1 is 1.14 bits per heavy atom. The van der Waals surface area contributed by atoms with Crippen LogP contribution in [0.2, 0.25) is 0 Å². The minimum atomic E-state index is -0.263. The van der Waals surface area contributed by atoms with Gasteiger partial charge in [-0.15, -0.1) is 0 Å². The van der Waals surface area contributed by atoms with Crippen LogP contribution in [0.4, 0.5) is 4.39 Å². The van der Waals surface area contributed by atoms with E-state index < -0.39 is 0 Å². The third-order valence-electron chi connectivity index (χ3n) is 4.48. The maximum absolute atomic E-state index is 13.1. The molecule has 2 aromatic carbocycles. The van der Waals surface area contributed by atoms with E-state index in [0.29, 0.717) is 19.6 Å². The number of hydrogen-bond acceptors (Lipinski definition) is 4. The number of amides is 1. The predicted octanol–water partition coefficient (Wildman–Crippen LogP) is 3.91. The minimum absolute atomic E-state index is 0.0687. The van der Waals surface area contributed by atoms with Crippen molar-refractivity contribution in [3.63, 3.8) is 0 Å². The van der Waals surface area contributed by atoms with Gasteiger partial charge in [-0.25, -0.2) is 4.39 Å². The fourth-order valence-corrected chi connectivity index (χ4v) is 2.85. The molecule has 3 rings (SSSR count). The van der Waals surface area contributed by atoms with Gasteiger partial charge in [-0.3, -0.25) is 4.79 Å². The molecule has 1 N–H and O–H groups in total. The van der Waals surface area contributed by atoms with E-state index >= 15 is 0 Å². The Labute approximate surface area is 163 Å². The van der Waals surface area contributed by atoms with Gasteiger partial charge < -0.3 is 14.6 Å². The smallest absolute Gasteiger partial charge is 0.224 e. The lowest BCUT2D eigenvalue weighted by molar-refractivity contribution is -0.120. The zero-order valence-corrected chi connectivity index (χ0v) is 16.0. The van der Waals surface area contributed by atoms with Crippen molar-refractivity contribution in [3.8, 4) is 5.75 Å². The van der Waals surface area contributed by atoms with Gasteiger partial charge >= 0.3 is 0 Å². The lowest BCUT2D eigenvalue weighted by Crippen LogP contribution is -2.27. The van der Waals surface area contributed by atoms with Gasteiger partial charge in [-0.2, -0.15) is 0 Å². The van der Waals surface area contributed by atoms with E-state index in [1.807, 2.05) is 44.2 Å². The summed E-state index contributed by atoms with van der Waals surface area (Å²) in [6.45, 7) is 4.60. The standard InChI is InChI=1S/C22H23FN2O3/c1-15-21(16(2)28-25-15)14-27-20-8-6-18(7-9-20)13-22(26)24-11-10-17-4-3-5-19(23)12-17/h3-9,12H,10-11,13-14H2,1-2H3,(H,24,26). The maximum atomic E-state index is 13.1. The average Bonchev–Trinajstić information content (AvgIpc) is 2.99. The van der Waals surface area contributed by atoms with E-state index in [1.54, 1.807) is 6.07 Å². The second-order valence-electron chi connectivity index (χ2n) is 6.64. The SMILES string of the molecule is Cc1noc(C)c1COc1ccc(CC(=O)NCCc2cccc(F)c2)cc1. The number of carbonyl (C=O) groups excluding carboxylic acids is 1. The summed E-state index contributed by atoms with van der Waals surface area (Å²) in [4.78, 5) is 12.1. The molecule has 0 radical (unpaired) electrons. The topological polar surface area (TPSA) is 64.4 Å². The van der Waals surface area contributed by atoms with Crippen LogP contribution < -0.4 is 10.1 Å². The Kier molecular flexibility index (Phi) is 6.42. The quantitative estimate of drug-likeness (QED) is 0.642. The van der Waals surface area contributed by atoms with Crippen LogP contribution in [0, 0.1) is 19.7 Å². The molecule has 0 spiro atoms. The van der Waals surface area contributed by atoms with Gasteiger partial charge in [-0.05, 0) is 55.7 Å². The fraction of sp³-hybridized carbons (Fsp3) is 0.273. The number of nitrogens with zero attached hydrogens (tertiary/aromatic N) is 1. The summed E-state index contributed by atoms with van der Waals surface area (Å²) in [6, 6.07) is 13.8. The van der Waals surface area contributed by atoms with Crippen molar-refractivity contribution >= 4 is 5.91 Å². The first-order valence-electron chi connectivity index (χ1n) is 9.16. The molecule has 0 unspecified atom stereocenters. The van der Waals surface area contributed by atoms with Crippen molar-refractivity contribution < 1.29 is 18.4 Å². The van der Waals surface area contributed by atoms with E-state index in [-0.39, 0.29) is 18.1 Å². The third-order valence-corrected chi connectivity index (χ3v) is 4.48. The average molecular weight is 382 g/mol. The lowest BCUT2D eigenvalue weighted by atomic mass is 10.1. The summed E-state index contributed by atoms with van der Waals surface area (Å²) in [5.41, 5.74) is 3.53. The van der Waals surface area contributed by atoms with E-state index in [2.05, 4.69) is 10.5 Å². The zero-order valence-electron chi connectivity index (χ0n) is 16.0. The molecule has 5 nitrogen and oxygen atoms in total. The van der Waals surface area contributed by atoms with Gasteiger partial charge in [0.05, 0.1) is 17.7 Å². The molecule has 1 heterocycles. The lowest BCUT2D eigenvalue weighted by Gasteiger charge is -2.08. The van der Waals surface area contributed by atoms with E-state index in [0.717, 1.165) is 33.9 Å². The number of rotatable bonds is 8. The molecular weight excluding hydrogens is 359 g/mol. The van der Waals surface area contributed by atoms with Crippen molar-refractivity contribution in [1.82, 2.24) is 10.5 Å². The van der Waals surface area contributed by atoms with E-state index in [9.17, 15) is 9.18 Å². The highest BCUT2D eigenvalue weighted by Gasteiger charge is 2.10. The Hall–Kier alpha value is -3.15. The molecule has 0 aliphatic heterocycles. The highest BCUT2D eigenvalue weighted by atomic mass is 19.1. The Balaban J connectivity index is 1.43. The number of benzene rings is 2. The molecule has 0 saturated heterocycles. The van der Waals surface area contributed by atoms with Gasteiger partial charge in [0.15, 0.2) is 0 Å². The summed E-state index contributed by atoms with van der Waals surface area (Å²) < 4.78 is 24.0. The third kappa shape index (κ3) is 5.42. The highest BCUT2D eigenvalue weighted by Crippen LogP contribution is 2.18. The first-order valence-corrected chi connectivity index (χ1v) is 9.16. The minimum Gasteiger partial charge on any atom is -0.489 e. The van der Waals surface area contributed by atoms with Crippen LogP contribution in [0.15, 0.2) is 53.1 Å². The van der Waals surface area contributed by atoms with Gasteiger partial charge in [0.2, 0.25) is 5.91 Å². The highest BCUT2D eigenvalue weighted by molar-refractivity contribution is 5.78. The first kappa shape index (κ1) is 19.6. The molecule has 6 heteroatoms.